The second kappa shape index (κ2) is 7.00. The maximum absolute atomic E-state index is 13.2. The Labute approximate surface area is 161 Å². The molecule has 2 aromatic carbocycles. The van der Waals surface area contributed by atoms with Gasteiger partial charge < -0.3 is 10.2 Å². The van der Waals surface area contributed by atoms with Gasteiger partial charge in [-0.15, -0.1) is 0 Å². The molecule has 0 saturated heterocycles. The number of rotatable bonds is 3. The van der Waals surface area contributed by atoms with E-state index in [1.54, 1.807) is 12.3 Å². The first-order chi connectivity index (χ1) is 13.0. The molecule has 1 aliphatic rings. The number of anilines is 3. The molecule has 1 unspecified atom stereocenters. The molecule has 6 heteroatoms. The van der Waals surface area contributed by atoms with Crippen molar-refractivity contribution in [2.75, 3.05) is 10.2 Å². The summed E-state index contributed by atoms with van der Waals surface area (Å²) in [6.07, 6.45) is 2.68. The van der Waals surface area contributed by atoms with Crippen molar-refractivity contribution in [3.8, 4) is 0 Å². The predicted octanol–water partition coefficient (Wildman–Crippen LogP) is 5.21. The third-order valence-electron chi connectivity index (χ3n) is 4.64. The van der Waals surface area contributed by atoms with E-state index >= 15 is 0 Å². The van der Waals surface area contributed by atoms with Gasteiger partial charge in [0.05, 0.1) is 16.9 Å². The molecule has 4 rings (SSSR count). The minimum absolute atomic E-state index is 0.0437. The summed E-state index contributed by atoms with van der Waals surface area (Å²) in [5.41, 5.74) is 4.11. The Hall–Kier alpha value is -2.92. The van der Waals surface area contributed by atoms with Gasteiger partial charge in [0.1, 0.15) is 11.5 Å². The number of hydrogen-bond acceptors (Lipinski definition) is 3. The van der Waals surface area contributed by atoms with E-state index in [-0.39, 0.29) is 16.6 Å². The molecule has 2 heterocycles. The Bertz CT molecular complexity index is 1010. The van der Waals surface area contributed by atoms with Crippen molar-refractivity contribution in [1.29, 1.82) is 0 Å². The number of carbonyl (C=O) groups is 1. The first-order valence-electron chi connectivity index (χ1n) is 8.62. The zero-order valence-corrected chi connectivity index (χ0v) is 15.4. The van der Waals surface area contributed by atoms with Gasteiger partial charge in [-0.3, -0.25) is 4.79 Å². The lowest BCUT2D eigenvalue weighted by molar-refractivity contribution is 0.102. The summed E-state index contributed by atoms with van der Waals surface area (Å²) in [6, 6.07) is 16.2. The number of para-hydroxylation sites is 1. The van der Waals surface area contributed by atoms with Crippen LogP contribution in [0.4, 0.5) is 21.5 Å². The zero-order chi connectivity index (χ0) is 19.0. The van der Waals surface area contributed by atoms with Gasteiger partial charge in [0.15, 0.2) is 0 Å². The number of halogens is 2. The van der Waals surface area contributed by atoms with E-state index in [0.29, 0.717) is 11.7 Å². The monoisotopic (exact) mass is 381 g/mol. The average molecular weight is 382 g/mol. The summed E-state index contributed by atoms with van der Waals surface area (Å²) in [5.74, 6) is -0.906. The normalized spacial score (nSPS) is 15.5. The van der Waals surface area contributed by atoms with Gasteiger partial charge in [0.25, 0.3) is 5.91 Å². The van der Waals surface area contributed by atoms with Crippen molar-refractivity contribution in [2.24, 2.45) is 0 Å². The van der Waals surface area contributed by atoms with E-state index in [2.05, 4.69) is 34.3 Å². The molecule has 1 N–H and O–H groups in total. The number of aromatic nitrogens is 1. The fourth-order valence-corrected chi connectivity index (χ4v) is 3.57. The summed E-state index contributed by atoms with van der Waals surface area (Å²) >= 11 is 5.74. The van der Waals surface area contributed by atoms with E-state index in [1.807, 2.05) is 18.2 Å². The van der Waals surface area contributed by atoms with E-state index in [0.717, 1.165) is 12.1 Å². The maximum atomic E-state index is 13.2. The van der Waals surface area contributed by atoms with E-state index in [9.17, 15) is 9.18 Å². The quantitative estimate of drug-likeness (QED) is 0.677. The van der Waals surface area contributed by atoms with Crippen LogP contribution >= 0.6 is 11.6 Å². The molecule has 1 aliphatic heterocycles. The summed E-state index contributed by atoms with van der Waals surface area (Å²) in [7, 11) is 0. The molecule has 0 radical (unpaired) electrons. The van der Waals surface area contributed by atoms with Crippen LogP contribution in [-0.2, 0) is 6.42 Å². The summed E-state index contributed by atoms with van der Waals surface area (Å²) in [6.45, 7) is 2.17. The SMILES string of the molecule is CC1Cc2ccccc2N1c1ccc(C(=O)Nc2ccc(F)c(Cl)c2)nc1. The lowest BCUT2D eigenvalue weighted by Gasteiger charge is -2.24. The highest BCUT2D eigenvalue weighted by atomic mass is 35.5. The molecule has 0 aliphatic carbocycles. The first-order valence-corrected chi connectivity index (χ1v) is 9.00. The van der Waals surface area contributed by atoms with Gasteiger partial charge in [-0.05, 0) is 55.3 Å². The molecule has 0 bridgehead atoms. The molecular formula is C21H17ClFN3O. The Morgan fingerprint density at radius 1 is 1.22 bits per heavy atom. The highest BCUT2D eigenvalue weighted by molar-refractivity contribution is 6.31. The summed E-state index contributed by atoms with van der Waals surface area (Å²) < 4.78 is 13.2. The lowest BCUT2D eigenvalue weighted by Crippen LogP contribution is -2.24. The second-order valence-electron chi connectivity index (χ2n) is 6.54. The van der Waals surface area contributed by atoms with Crippen molar-refractivity contribution >= 4 is 34.6 Å². The third kappa shape index (κ3) is 3.38. The maximum Gasteiger partial charge on any atom is 0.274 e. The number of carbonyl (C=O) groups excluding carboxylic acids is 1. The van der Waals surface area contributed by atoms with E-state index in [4.69, 9.17) is 11.6 Å². The number of nitrogens with one attached hydrogen (secondary N) is 1. The number of amides is 1. The van der Waals surface area contributed by atoms with Gasteiger partial charge >= 0.3 is 0 Å². The fraction of sp³-hybridized carbons (Fsp3) is 0.143. The largest absolute Gasteiger partial charge is 0.337 e. The fourth-order valence-electron chi connectivity index (χ4n) is 3.39. The Morgan fingerprint density at radius 2 is 2.04 bits per heavy atom. The topological polar surface area (TPSA) is 45.2 Å². The van der Waals surface area contributed by atoms with Crippen molar-refractivity contribution in [3.05, 3.63) is 82.9 Å². The van der Waals surface area contributed by atoms with Crippen molar-refractivity contribution in [3.63, 3.8) is 0 Å². The lowest BCUT2D eigenvalue weighted by atomic mass is 10.1. The van der Waals surface area contributed by atoms with Gasteiger partial charge in [-0.25, -0.2) is 9.37 Å². The molecule has 4 nitrogen and oxygen atoms in total. The van der Waals surface area contributed by atoms with Gasteiger partial charge in [-0.1, -0.05) is 29.8 Å². The first kappa shape index (κ1) is 17.5. The minimum Gasteiger partial charge on any atom is -0.337 e. The molecule has 27 heavy (non-hydrogen) atoms. The summed E-state index contributed by atoms with van der Waals surface area (Å²) in [4.78, 5) is 18.9. The van der Waals surface area contributed by atoms with Crippen LogP contribution in [0.15, 0.2) is 60.8 Å². The van der Waals surface area contributed by atoms with Crippen molar-refractivity contribution in [2.45, 2.75) is 19.4 Å². The van der Waals surface area contributed by atoms with Crippen LogP contribution in [0.5, 0.6) is 0 Å². The standard InChI is InChI=1S/C21H17ClFN3O/c1-13-10-14-4-2-3-5-20(14)26(13)16-7-9-19(24-12-16)21(27)25-15-6-8-18(23)17(22)11-15/h2-9,11-13H,10H2,1H3,(H,25,27). The predicted molar refractivity (Wildman–Crippen MR) is 105 cm³/mol. The highest BCUT2D eigenvalue weighted by Crippen LogP contribution is 2.37. The number of pyridine rings is 1. The Morgan fingerprint density at radius 3 is 2.78 bits per heavy atom. The molecule has 0 saturated carbocycles. The van der Waals surface area contributed by atoms with Crippen LogP contribution in [0, 0.1) is 5.82 Å². The van der Waals surface area contributed by atoms with Crippen LogP contribution in [0.3, 0.4) is 0 Å². The molecule has 3 aromatic rings. The third-order valence-corrected chi connectivity index (χ3v) is 4.93. The minimum atomic E-state index is -0.530. The molecule has 1 atom stereocenters. The van der Waals surface area contributed by atoms with Crippen LogP contribution in [0.1, 0.15) is 23.0 Å². The molecule has 1 amide bonds. The Kier molecular flexibility index (Phi) is 4.54. The van der Waals surface area contributed by atoms with Crippen molar-refractivity contribution < 1.29 is 9.18 Å². The smallest absolute Gasteiger partial charge is 0.274 e. The van der Waals surface area contributed by atoms with Crippen LogP contribution < -0.4 is 10.2 Å². The number of nitrogens with zero attached hydrogens (tertiary/aromatic N) is 2. The number of hydrogen-bond donors (Lipinski definition) is 1. The van der Waals surface area contributed by atoms with Gasteiger partial charge in [0, 0.05) is 17.4 Å². The second-order valence-corrected chi connectivity index (χ2v) is 6.94. The van der Waals surface area contributed by atoms with Crippen molar-refractivity contribution in [1.82, 2.24) is 4.98 Å². The van der Waals surface area contributed by atoms with Gasteiger partial charge in [-0.2, -0.15) is 0 Å². The molecular weight excluding hydrogens is 365 g/mol. The van der Waals surface area contributed by atoms with E-state index in [1.165, 1.54) is 29.4 Å². The molecule has 136 valence electrons. The van der Waals surface area contributed by atoms with Crippen LogP contribution in [0.25, 0.3) is 0 Å². The van der Waals surface area contributed by atoms with Crippen LogP contribution in [-0.4, -0.2) is 16.9 Å². The number of benzene rings is 2. The highest BCUT2D eigenvalue weighted by Gasteiger charge is 2.27. The summed E-state index contributed by atoms with van der Waals surface area (Å²) in [5, 5.41) is 2.63. The van der Waals surface area contributed by atoms with E-state index < -0.39 is 5.82 Å². The zero-order valence-electron chi connectivity index (χ0n) is 14.6. The van der Waals surface area contributed by atoms with Gasteiger partial charge in [0.2, 0.25) is 0 Å². The van der Waals surface area contributed by atoms with Crippen LogP contribution in [0.2, 0.25) is 5.02 Å². The average Bonchev–Trinajstić information content (AvgIpc) is 3.00. The Balaban J connectivity index is 1.54. The molecule has 0 spiro atoms. The number of fused-ring (bicyclic) bond motifs is 1. The molecule has 0 fully saturated rings. The molecule has 1 aromatic heterocycles.